The van der Waals surface area contributed by atoms with Crippen molar-refractivity contribution in [2.75, 3.05) is 0 Å². The zero-order chi connectivity index (χ0) is 28.8. The molecule has 2 heterocycles. The monoisotopic (exact) mass is 584 g/mol. The smallest absolute Gasteiger partial charge is 0.331 e. The summed E-state index contributed by atoms with van der Waals surface area (Å²) in [6.45, 7) is 0. The number of amides is 2. The van der Waals surface area contributed by atoms with Gasteiger partial charge in [-0.05, 0) is 36.4 Å². The van der Waals surface area contributed by atoms with Crippen LogP contribution in [0, 0.1) is 20.2 Å². The molecule has 2 N–H and O–H groups in total. The molecule has 0 bridgehead atoms. The number of nitrogens with zero attached hydrogens (tertiary/aromatic N) is 4. The lowest BCUT2D eigenvalue weighted by Gasteiger charge is -2.00. The third kappa shape index (κ3) is 6.56. The number of nitro benzene ring substituents is 2. The van der Waals surface area contributed by atoms with Crippen LogP contribution >= 0.6 is 23.2 Å². The highest BCUT2D eigenvalue weighted by Gasteiger charge is 2.16. The summed E-state index contributed by atoms with van der Waals surface area (Å²) in [5, 5.41) is 29.7. The Labute approximate surface area is 233 Å². The molecule has 2 aromatic heterocycles. The van der Waals surface area contributed by atoms with E-state index >= 15 is 0 Å². The Bertz CT molecular complexity index is 1570. The Morgan fingerprint density at radius 1 is 0.700 bits per heavy atom. The number of benzene rings is 2. The summed E-state index contributed by atoms with van der Waals surface area (Å²) in [5.41, 5.74) is 4.19. The fourth-order valence-electron chi connectivity index (χ4n) is 3.18. The van der Waals surface area contributed by atoms with Crippen LogP contribution in [-0.4, -0.2) is 34.1 Å². The van der Waals surface area contributed by atoms with Crippen molar-refractivity contribution in [3.05, 3.63) is 102 Å². The van der Waals surface area contributed by atoms with Gasteiger partial charge in [-0.15, -0.1) is 0 Å². The lowest BCUT2D eigenvalue weighted by molar-refractivity contribution is -0.385. The standard InChI is InChI=1S/C24H14Cl2N6O8/c25-19-5-1-13(31(35)36)9-17(19)21-7-3-15(39-21)11-27-29-23(33)24(34)30-28-12-16-4-8-22(40-16)18-10-14(32(37)38)2-6-20(18)26/h1-12H,(H,29,33)(H,30,34)/b27-11-,28-12+. The van der Waals surface area contributed by atoms with Crippen molar-refractivity contribution in [2.24, 2.45) is 10.2 Å². The summed E-state index contributed by atoms with van der Waals surface area (Å²) in [6, 6.07) is 13.7. The van der Waals surface area contributed by atoms with Crippen LogP contribution in [0.4, 0.5) is 11.4 Å². The maximum absolute atomic E-state index is 11.9. The molecule has 0 spiro atoms. The average Bonchev–Trinajstić information content (AvgIpc) is 3.59. The molecular formula is C24H14Cl2N6O8. The number of hydrazone groups is 2. The maximum Gasteiger partial charge on any atom is 0.331 e. The van der Waals surface area contributed by atoms with Crippen LogP contribution in [0.1, 0.15) is 11.5 Å². The number of furan rings is 2. The molecule has 16 heteroatoms. The van der Waals surface area contributed by atoms with E-state index in [1.807, 2.05) is 10.9 Å². The fourth-order valence-corrected chi connectivity index (χ4v) is 3.60. The van der Waals surface area contributed by atoms with Gasteiger partial charge < -0.3 is 8.83 Å². The van der Waals surface area contributed by atoms with Crippen LogP contribution in [0.25, 0.3) is 22.6 Å². The molecule has 202 valence electrons. The number of hydrogen-bond acceptors (Lipinski definition) is 10. The number of hydrogen-bond donors (Lipinski definition) is 2. The van der Waals surface area contributed by atoms with Crippen LogP contribution < -0.4 is 10.9 Å². The molecule has 0 radical (unpaired) electrons. The summed E-state index contributed by atoms with van der Waals surface area (Å²) in [5.74, 6) is -1.52. The van der Waals surface area contributed by atoms with Gasteiger partial charge in [-0.1, -0.05) is 23.2 Å². The van der Waals surface area contributed by atoms with Crippen molar-refractivity contribution in [3.63, 3.8) is 0 Å². The molecule has 0 unspecified atom stereocenters. The molecule has 0 saturated carbocycles. The molecule has 0 fully saturated rings. The van der Waals surface area contributed by atoms with E-state index in [4.69, 9.17) is 32.0 Å². The maximum atomic E-state index is 11.9. The first-order valence-corrected chi connectivity index (χ1v) is 11.6. The SMILES string of the molecule is O=C(N/N=C\c1ccc(-c2cc([N+](=O)[O-])ccc2Cl)o1)C(=O)N/N=C/c1ccc(-c2cc([N+](=O)[O-])ccc2Cl)o1. The van der Waals surface area contributed by atoms with E-state index in [9.17, 15) is 29.8 Å². The molecule has 0 atom stereocenters. The van der Waals surface area contributed by atoms with E-state index in [-0.39, 0.29) is 55.6 Å². The van der Waals surface area contributed by atoms with Crippen LogP contribution in [0.5, 0.6) is 0 Å². The highest BCUT2D eigenvalue weighted by molar-refractivity contribution is 6.35. The zero-order valence-corrected chi connectivity index (χ0v) is 21.3. The lowest BCUT2D eigenvalue weighted by Crippen LogP contribution is -2.35. The van der Waals surface area contributed by atoms with Gasteiger partial charge in [0.25, 0.3) is 11.4 Å². The van der Waals surface area contributed by atoms with E-state index in [1.165, 1.54) is 60.7 Å². The van der Waals surface area contributed by atoms with Gasteiger partial charge in [-0.25, -0.2) is 10.9 Å². The second-order valence-corrected chi connectivity index (χ2v) is 8.46. The topological polar surface area (TPSA) is 195 Å². The van der Waals surface area contributed by atoms with Gasteiger partial charge in [0.05, 0.1) is 32.3 Å². The van der Waals surface area contributed by atoms with Gasteiger partial charge in [0, 0.05) is 35.4 Å². The van der Waals surface area contributed by atoms with Gasteiger partial charge >= 0.3 is 11.8 Å². The van der Waals surface area contributed by atoms with Gasteiger partial charge in [0.1, 0.15) is 23.0 Å². The molecule has 4 aromatic rings. The second kappa shape index (κ2) is 12.0. The van der Waals surface area contributed by atoms with E-state index in [0.29, 0.717) is 0 Å². The normalized spacial score (nSPS) is 11.2. The predicted octanol–water partition coefficient (Wildman–Crippen LogP) is 4.93. The summed E-state index contributed by atoms with van der Waals surface area (Å²) < 4.78 is 11.0. The Hall–Kier alpha value is -5.34. The lowest BCUT2D eigenvalue weighted by atomic mass is 10.1. The number of halogens is 2. The van der Waals surface area contributed by atoms with Crippen molar-refractivity contribution in [2.45, 2.75) is 0 Å². The van der Waals surface area contributed by atoms with Crippen LogP contribution in [0.15, 0.2) is 79.7 Å². The second-order valence-electron chi connectivity index (χ2n) is 7.64. The van der Waals surface area contributed by atoms with E-state index < -0.39 is 21.7 Å². The molecule has 0 aliphatic heterocycles. The highest BCUT2D eigenvalue weighted by Crippen LogP contribution is 2.33. The zero-order valence-electron chi connectivity index (χ0n) is 19.7. The first-order chi connectivity index (χ1) is 19.1. The minimum absolute atomic E-state index is 0.161. The third-order valence-electron chi connectivity index (χ3n) is 5.03. The van der Waals surface area contributed by atoms with Gasteiger partial charge in [0.15, 0.2) is 0 Å². The van der Waals surface area contributed by atoms with Crippen LogP contribution in [0.2, 0.25) is 10.0 Å². The summed E-state index contributed by atoms with van der Waals surface area (Å²) in [7, 11) is 0. The number of carbonyl (C=O) groups is 2. The number of carbonyl (C=O) groups excluding carboxylic acids is 2. The predicted molar refractivity (Wildman–Crippen MR) is 143 cm³/mol. The molecule has 2 amide bonds. The molecule has 4 rings (SSSR count). The Morgan fingerprint density at radius 3 is 1.48 bits per heavy atom. The molecule has 0 aliphatic carbocycles. The van der Waals surface area contributed by atoms with Crippen molar-refractivity contribution in [1.29, 1.82) is 0 Å². The molecule has 40 heavy (non-hydrogen) atoms. The van der Waals surface area contributed by atoms with Gasteiger partial charge in [0.2, 0.25) is 0 Å². The van der Waals surface area contributed by atoms with E-state index in [2.05, 4.69) is 10.2 Å². The van der Waals surface area contributed by atoms with Crippen molar-refractivity contribution in [3.8, 4) is 22.6 Å². The van der Waals surface area contributed by atoms with E-state index in [0.717, 1.165) is 12.4 Å². The van der Waals surface area contributed by atoms with E-state index in [1.54, 1.807) is 0 Å². The molecule has 14 nitrogen and oxygen atoms in total. The third-order valence-corrected chi connectivity index (χ3v) is 5.69. The number of nitrogens with one attached hydrogen (secondary N) is 2. The minimum atomic E-state index is -1.15. The first kappa shape index (κ1) is 27.7. The Kier molecular flexibility index (Phi) is 8.32. The number of non-ortho nitro benzene ring substituents is 2. The summed E-state index contributed by atoms with van der Waals surface area (Å²) in [4.78, 5) is 44.7. The quantitative estimate of drug-likeness (QED) is 0.126. The fraction of sp³-hybridized carbons (Fsp3) is 0. The summed E-state index contributed by atoms with van der Waals surface area (Å²) >= 11 is 12.2. The van der Waals surface area contributed by atoms with Gasteiger partial charge in [-0.2, -0.15) is 10.2 Å². The largest absolute Gasteiger partial charge is 0.455 e. The van der Waals surface area contributed by atoms with Crippen LogP contribution in [-0.2, 0) is 9.59 Å². The Morgan fingerprint density at radius 2 is 1.10 bits per heavy atom. The average molecular weight is 585 g/mol. The minimum Gasteiger partial charge on any atom is -0.455 e. The molecule has 0 aliphatic rings. The molecule has 0 saturated heterocycles. The van der Waals surface area contributed by atoms with Crippen LogP contribution in [0.3, 0.4) is 0 Å². The van der Waals surface area contributed by atoms with Gasteiger partial charge in [-0.3, -0.25) is 29.8 Å². The molecule has 2 aromatic carbocycles. The highest BCUT2D eigenvalue weighted by atomic mass is 35.5. The summed E-state index contributed by atoms with van der Waals surface area (Å²) in [6.07, 6.45) is 2.21. The number of nitro groups is 2. The van der Waals surface area contributed by atoms with Crippen molar-refractivity contribution in [1.82, 2.24) is 10.9 Å². The Balaban J connectivity index is 1.32. The molecular weight excluding hydrogens is 571 g/mol. The van der Waals surface area contributed by atoms with Crippen molar-refractivity contribution < 1.29 is 28.3 Å². The number of rotatable bonds is 8. The van der Waals surface area contributed by atoms with Crippen molar-refractivity contribution >= 4 is 58.8 Å². The first-order valence-electron chi connectivity index (χ1n) is 10.9.